The molecule has 11 heavy (non-hydrogen) atoms. The topological polar surface area (TPSA) is 62.6 Å². The second kappa shape index (κ2) is 2.96. The van der Waals surface area contributed by atoms with Crippen LogP contribution in [0.4, 0.5) is 5.82 Å². The highest BCUT2D eigenvalue weighted by Gasteiger charge is 2.07. The monoisotopic (exact) mass is 216 g/mol. The van der Waals surface area contributed by atoms with Crippen LogP contribution in [0.5, 0.6) is 5.75 Å². The summed E-state index contributed by atoms with van der Waals surface area (Å²) in [4.78, 5) is 13.7. The lowest BCUT2D eigenvalue weighted by Crippen LogP contribution is -1.81. The van der Waals surface area contributed by atoms with Crippen LogP contribution in [0.15, 0.2) is 15.7 Å². The van der Waals surface area contributed by atoms with Crippen LogP contribution in [0.2, 0.25) is 0 Å². The van der Waals surface area contributed by atoms with E-state index in [2.05, 4.69) is 26.1 Å². The van der Waals surface area contributed by atoms with Crippen molar-refractivity contribution in [3.8, 4) is 5.75 Å². The number of hydrogen-bond acceptors (Lipinski definition) is 4. The SMILES string of the molecule is Cc1cc(Br)c(O)c(N=O)n1. The van der Waals surface area contributed by atoms with E-state index in [4.69, 9.17) is 5.11 Å². The second-order valence-electron chi connectivity index (χ2n) is 2.01. The van der Waals surface area contributed by atoms with Crippen LogP contribution in [0.25, 0.3) is 0 Å². The molecule has 0 aliphatic carbocycles. The summed E-state index contributed by atoms with van der Waals surface area (Å²) < 4.78 is 0.430. The van der Waals surface area contributed by atoms with Crippen LogP contribution in [-0.4, -0.2) is 10.1 Å². The third-order valence-electron chi connectivity index (χ3n) is 1.14. The van der Waals surface area contributed by atoms with Gasteiger partial charge in [0.25, 0.3) is 0 Å². The zero-order valence-electron chi connectivity index (χ0n) is 5.71. The van der Waals surface area contributed by atoms with Crippen molar-refractivity contribution in [1.82, 2.24) is 4.98 Å². The van der Waals surface area contributed by atoms with E-state index in [-0.39, 0.29) is 11.6 Å². The van der Waals surface area contributed by atoms with E-state index in [1.165, 1.54) is 0 Å². The van der Waals surface area contributed by atoms with Crippen molar-refractivity contribution < 1.29 is 5.11 Å². The van der Waals surface area contributed by atoms with Crippen LogP contribution in [-0.2, 0) is 0 Å². The number of hydrogen-bond donors (Lipinski definition) is 1. The molecule has 0 atom stereocenters. The summed E-state index contributed by atoms with van der Waals surface area (Å²) in [6, 6.07) is 1.60. The number of pyridine rings is 1. The molecule has 0 aliphatic heterocycles. The summed E-state index contributed by atoms with van der Waals surface area (Å²) in [5.41, 5.74) is 0.629. The molecular formula is C6H5BrN2O2. The van der Waals surface area contributed by atoms with Gasteiger partial charge >= 0.3 is 0 Å². The highest BCUT2D eigenvalue weighted by molar-refractivity contribution is 9.10. The number of nitroso groups, excluding NO2 is 1. The van der Waals surface area contributed by atoms with Crippen LogP contribution >= 0.6 is 15.9 Å². The Morgan fingerprint density at radius 2 is 2.36 bits per heavy atom. The highest BCUT2D eigenvalue weighted by atomic mass is 79.9. The molecule has 0 spiro atoms. The van der Waals surface area contributed by atoms with Gasteiger partial charge in [0.1, 0.15) is 0 Å². The number of halogens is 1. The molecule has 0 amide bonds. The largest absolute Gasteiger partial charge is 0.503 e. The van der Waals surface area contributed by atoms with Gasteiger partial charge in [0.15, 0.2) is 5.75 Å². The first kappa shape index (κ1) is 8.13. The predicted octanol–water partition coefficient (Wildman–Crippen LogP) is 2.26. The lowest BCUT2D eigenvalue weighted by molar-refractivity contribution is 0.470. The molecule has 0 aromatic carbocycles. The van der Waals surface area contributed by atoms with Gasteiger partial charge in [0.05, 0.1) is 4.47 Å². The summed E-state index contributed by atoms with van der Waals surface area (Å²) in [5.74, 6) is -0.400. The van der Waals surface area contributed by atoms with E-state index in [0.29, 0.717) is 10.2 Å². The molecule has 0 bridgehead atoms. The second-order valence-corrected chi connectivity index (χ2v) is 2.86. The maximum atomic E-state index is 10.0. The fourth-order valence-electron chi connectivity index (χ4n) is 0.674. The maximum Gasteiger partial charge on any atom is 0.240 e. The van der Waals surface area contributed by atoms with Crippen LogP contribution in [0.1, 0.15) is 5.69 Å². The number of aromatic hydroxyl groups is 1. The van der Waals surface area contributed by atoms with Crippen molar-refractivity contribution in [3.63, 3.8) is 0 Å². The molecule has 58 valence electrons. The van der Waals surface area contributed by atoms with Gasteiger partial charge in [0.2, 0.25) is 5.82 Å². The summed E-state index contributed by atoms with van der Waals surface area (Å²) in [6.07, 6.45) is 0. The summed E-state index contributed by atoms with van der Waals surface area (Å²) >= 11 is 3.05. The molecule has 1 aromatic rings. The molecule has 0 unspecified atom stereocenters. The van der Waals surface area contributed by atoms with Gasteiger partial charge in [-0.15, -0.1) is 4.91 Å². The third-order valence-corrected chi connectivity index (χ3v) is 1.75. The Kier molecular flexibility index (Phi) is 2.19. The fourth-order valence-corrected chi connectivity index (χ4v) is 1.18. The molecule has 0 saturated heterocycles. The van der Waals surface area contributed by atoms with E-state index >= 15 is 0 Å². The van der Waals surface area contributed by atoms with Crippen LogP contribution in [0.3, 0.4) is 0 Å². The molecule has 1 aromatic heterocycles. The van der Waals surface area contributed by atoms with Gasteiger partial charge in [-0.05, 0) is 34.1 Å². The molecule has 5 heteroatoms. The Morgan fingerprint density at radius 1 is 1.73 bits per heavy atom. The van der Waals surface area contributed by atoms with Crippen molar-refractivity contribution in [2.75, 3.05) is 0 Å². The Balaban J connectivity index is 3.35. The fraction of sp³-hybridized carbons (Fsp3) is 0.167. The molecule has 0 aliphatic rings. The average Bonchev–Trinajstić information content (AvgIpc) is 1.96. The average molecular weight is 217 g/mol. The molecule has 1 N–H and O–H groups in total. The van der Waals surface area contributed by atoms with Gasteiger partial charge in [-0.2, -0.15) is 0 Å². The minimum atomic E-state index is -0.217. The molecule has 0 saturated carbocycles. The lowest BCUT2D eigenvalue weighted by atomic mass is 10.3. The Morgan fingerprint density at radius 3 is 2.91 bits per heavy atom. The van der Waals surface area contributed by atoms with Crippen molar-refractivity contribution in [1.29, 1.82) is 0 Å². The Hall–Kier alpha value is -0.970. The van der Waals surface area contributed by atoms with E-state index in [9.17, 15) is 4.91 Å². The van der Waals surface area contributed by atoms with Gasteiger partial charge in [0, 0.05) is 5.69 Å². The van der Waals surface area contributed by atoms with Crippen LogP contribution in [0, 0.1) is 11.8 Å². The molecule has 0 radical (unpaired) electrons. The molecule has 4 nitrogen and oxygen atoms in total. The summed E-state index contributed by atoms with van der Waals surface area (Å²) in [6.45, 7) is 1.71. The Labute approximate surface area is 71.4 Å². The first-order valence-corrected chi connectivity index (χ1v) is 3.64. The van der Waals surface area contributed by atoms with E-state index in [0.717, 1.165) is 0 Å². The van der Waals surface area contributed by atoms with E-state index in [1.807, 2.05) is 0 Å². The summed E-state index contributed by atoms with van der Waals surface area (Å²) in [7, 11) is 0. The zero-order valence-corrected chi connectivity index (χ0v) is 7.29. The highest BCUT2D eigenvalue weighted by Crippen LogP contribution is 2.32. The molecule has 1 rings (SSSR count). The lowest BCUT2D eigenvalue weighted by Gasteiger charge is -1.98. The minimum Gasteiger partial charge on any atom is -0.503 e. The number of aromatic nitrogens is 1. The van der Waals surface area contributed by atoms with Crippen molar-refractivity contribution in [3.05, 3.63) is 21.1 Å². The number of rotatable bonds is 1. The minimum absolute atomic E-state index is 0.183. The normalized spacial score (nSPS) is 9.64. The molecule has 1 heterocycles. The van der Waals surface area contributed by atoms with Crippen molar-refractivity contribution in [2.24, 2.45) is 5.18 Å². The zero-order chi connectivity index (χ0) is 8.43. The first-order chi connectivity index (χ1) is 5.15. The maximum absolute atomic E-state index is 10.0. The van der Waals surface area contributed by atoms with E-state index < -0.39 is 0 Å². The molecular weight excluding hydrogens is 212 g/mol. The van der Waals surface area contributed by atoms with Gasteiger partial charge in [-0.25, -0.2) is 4.98 Å². The van der Waals surface area contributed by atoms with Crippen LogP contribution < -0.4 is 0 Å². The number of nitrogens with zero attached hydrogens (tertiary/aromatic N) is 2. The van der Waals surface area contributed by atoms with E-state index in [1.54, 1.807) is 13.0 Å². The quantitative estimate of drug-likeness (QED) is 0.733. The third kappa shape index (κ3) is 1.54. The predicted molar refractivity (Wildman–Crippen MR) is 43.8 cm³/mol. The first-order valence-electron chi connectivity index (χ1n) is 2.84. The van der Waals surface area contributed by atoms with Gasteiger partial charge < -0.3 is 5.11 Å². The summed E-state index contributed by atoms with van der Waals surface area (Å²) in [5, 5.41) is 11.7. The van der Waals surface area contributed by atoms with Crippen molar-refractivity contribution >= 4 is 21.7 Å². The van der Waals surface area contributed by atoms with Crippen molar-refractivity contribution in [2.45, 2.75) is 6.92 Å². The number of aryl methyl sites for hydroxylation is 1. The van der Waals surface area contributed by atoms with Gasteiger partial charge in [-0.3, -0.25) is 0 Å². The van der Waals surface area contributed by atoms with Gasteiger partial charge in [-0.1, -0.05) is 0 Å². The Bertz CT molecular complexity index is 301. The molecule has 0 fully saturated rings. The standard InChI is InChI=1S/C6H5BrN2O2/c1-3-2-4(7)5(10)6(8-3)9-11/h2,10H,1H3. The smallest absolute Gasteiger partial charge is 0.240 e.